The Morgan fingerprint density at radius 1 is 1.16 bits per heavy atom. The van der Waals surface area contributed by atoms with Gasteiger partial charge in [-0.15, -0.1) is 11.3 Å². The van der Waals surface area contributed by atoms with Crippen molar-refractivity contribution in [1.29, 1.82) is 0 Å². The standard InChI is InChI=1S/C13H8Cl2N2OS/c1-7-2-3-9(14)10(6-7)18-11-8-4-5-19-12(8)17-13(15)16-11/h2-6H,1H3. The molecule has 0 spiro atoms. The Hall–Kier alpha value is -1.36. The first-order valence-corrected chi connectivity index (χ1v) is 7.12. The molecule has 0 fully saturated rings. The molecule has 0 saturated heterocycles. The number of benzene rings is 1. The highest BCUT2D eigenvalue weighted by Gasteiger charge is 2.11. The Morgan fingerprint density at radius 2 is 2.00 bits per heavy atom. The van der Waals surface area contributed by atoms with Crippen LogP contribution in [0.4, 0.5) is 0 Å². The zero-order valence-corrected chi connectivity index (χ0v) is 12.2. The highest BCUT2D eigenvalue weighted by atomic mass is 35.5. The first kappa shape index (κ1) is 12.7. The third-order valence-corrected chi connectivity index (χ3v) is 3.84. The van der Waals surface area contributed by atoms with Crippen LogP contribution in [0.3, 0.4) is 0 Å². The predicted octanol–water partition coefficient (Wildman–Crippen LogP) is 5.10. The molecule has 3 aromatic rings. The van der Waals surface area contributed by atoms with Gasteiger partial charge in [-0.3, -0.25) is 0 Å². The molecule has 3 nitrogen and oxygen atoms in total. The molecule has 0 N–H and O–H groups in total. The van der Waals surface area contributed by atoms with Crippen LogP contribution in [0.1, 0.15) is 5.56 Å². The van der Waals surface area contributed by atoms with Crippen molar-refractivity contribution in [3.63, 3.8) is 0 Å². The molecule has 0 bridgehead atoms. The normalized spacial score (nSPS) is 10.9. The van der Waals surface area contributed by atoms with Gasteiger partial charge in [0.05, 0.1) is 10.4 Å². The van der Waals surface area contributed by atoms with Gasteiger partial charge >= 0.3 is 0 Å². The summed E-state index contributed by atoms with van der Waals surface area (Å²) in [7, 11) is 0. The van der Waals surface area contributed by atoms with E-state index in [4.69, 9.17) is 27.9 Å². The van der Waals surface area contributed by atoms with E-state index in [0.29, 0.717) is 16.7 Å². The van der Waals surface area contributed by atoms with Gasteiger partial charge in [-0.1, -0.05) is 17.7 Å². The van der Waals surface area contributed by atoms with Gasteiger partial charge < -0.3 is 4.74 Å². The van der Waals surface area contributed by atoms with Crippen LogP contribution in [0.5, 0.6) is 11.6 Å². The van der Waals surface area contributed by atoms with Crippen molar-refractivity contribution >= 4 is 44.8 Å². The van der Waals surface area contributed by atoms with E-state index in [0.717, 1.165) is 15.8 Å². The van der Waals surface area contributed by atoms with Crippen LogP contribution in [-0.4, -0.2) is 9.97 Å². The van der Waals surface area contributed by atoms with Gasteiger partial charge in [0, 0.05) is 0 Å². The Bertz CT molecular complexity index is 757. The lowest BCUT2D eigenvalue weighted by Crippen LogP contribution is -1.92. The average molecular weight is 311 g/mol. The molecule has 6 heteroatoms. The van der Waals surface area contributed by atoms with Crippen molar-refractivity contribution in [2.75, 3.05) is 0 Å². The number of halogens is 2. The van der Waals surface area contributed by atoms with Gasteiger partial charge in [-0.05, 0) is 47.7 Å². The maximum absolute atomic E-state index is 6.11. The molecule has 0 aliphatic rings. The van der Waals surface area contributed by atoms with E-state index < -0.39 is 0 Å². The summed E-state index contributed by atoms with van der Waals surface area (Å²) in [6.07, 6.45) is 0. The first-order valence-electron chi connectivity index (χ1n) is 5.48. The third kappa shape index (κ3) is 2.52. The fourth-order valence-corrected chi connectivity index (χ4v) is 2.80. The zero-order chi connectivity index (χ0) is 13.4. The number of rotatable bonds is 2. The summed E-state index contributed by atoms with van der Waals surface area (Å²) >= 11 is 13.5. The lowest BCUT2D eigenvalue weighted by Gasteiger charge is -2.08. The topological polar surface area (TPSA) is 35.0 Å². The number of hydrogen-bond donors (Lipinski definition) is 0. The molecule has 0 radical (unpaired) electrons. The van der Waals surface area contributed by atoms with E-state index in [1.807, 2.05) is 30.5 Å². The number of hydrogen-bond acceptors (Lipinski definition) is 4. The number of fused-ring (bicyclic) bond motifs is 1. The lowest BCUT2D eigenvalue weighted by molar-refractivity contribution is 0.468. The van der Waals surface area contributed by atoms with Crippen molar-refractivity contribution < 1.29 is 4.74 Å². The van der Waals surface area contributed by atoms with Crippen LogP contribution in [0.2, 0.25) is 10.3 Å². The van der Waals surface area contributed by atoms with Crippen LogP contribution < -0.4 is 4.74 Å². The molecule has 0 atom stereocenters. The van der Waals surface area contributed by atoms with Crippen molar-refractivity contribution in [3.05, 3.63) is 45.5 Å². The fraction of sp³-hybridized carbons (Fsp3) is 0.0769. The molecule has 1 aromatic carbocycles. The number of aryl methyl sites for hydroxylation is 1. The van der Waals surface area contributed by atoms with Crippen molar-refractivity contribution in [2.24, 2.45) is 0 Å². The van der Waals surface area contributed by atoms with Gasteiger partial charge in [-0.2, -0.15) is 4.98 Å². The Morgan fingerprint density at radius 3 is 2.84 bits per heavy atom. The van der Waals surface area contributed by atoms with Crippen LogP contribution in [0, 0.1) is 6.92 Å². The van der Waals surface area contributed by atoms with Gasteiger partial charge in [0.1, 0.15) is 10.6 Å². The molecular formula is C13H8Cl2N2OS. The largest absolute Gasteiger partial charge is 0.437 e. The van der Waals surface area contributed by atoms with Crippen LogP contribution >= 0.6 is 34.5 Å². The molecular weight excluding hydrogens is 303 g/mol. The van der Waals surface area contributed by atoms with E-state index in [1.165, 1.54) is 11.3 Å². The van der Waals surface area contributed by atoms with Crippen molar-refractivity contribution in [1.82, 2.24) is 9.97 Å². The maximum Gasteiger partial charge on any atom is 0.232 e. The van der Waals surface area contributed by atoms with Crippen molar-refractivity contribution in [3.8, 4) is 11.6 Å². The number of aromatic nitrogens is 2. The fourth-order valence-electron chi connectivity index (χ4n) is 1.67. The molecule has 0 unspecified atom stereocenters. The second-order valence-electron chi connectivity index (χ2n) is 3.97. The maximum atomic E-state index is 6.11. The summed E-state index contributed by atoms with van der Waals surface area (Å²) in [4.78, 5) is 9.05. The van der Waals surface area contributed by atoms with Crippen molar-refractivity contribution in [2.45, 2.75) is 6.92 Å². The van der Waals surface area contributed by atoms with E-state index in [-0.39, 0.29) is 5.28 Å². The summed E-state index contributed by atoms with van der Waals surface area (Å²) in [5.74, 6) is 0.979. The monoisotopic (exact) mass is 310 g/mol. The summed E-state index contributed by atoms with van der Waals surface area (Å²) < 4.78 is 5.78. The first-order chi connectivity index (χ1) is 9.13. The van der Waals surface area contributed by atoms with E-state index >= 15 is 0 Å². The molecule has 0 saturated carbocycles. The molecule has 2 heterocycles. The number of nitrogens with zero attached hydrogens (tertiary/aromatic N) is 2. The van der Waals surface area contributed by atoms with E-state index in [9.17, 15) is 0 Å². The highest BCUT2D eigenvalue weighted by Crippen LogP contribution is 2.34. The second-order valence-corrected chi connectivity index (χ2v) is 5.61. The summed E-state index contributed by atoms with van der Waals surface area (Å²) in [5.41, 5.74) is 1.06. The quantitative estimate of drug-likeness (QED) is 0.618. The molecule has 96 valence electrons. The van der Waals surface area contributed by atoms with Gasteiger partial charge in [0.2, 0.25) is 11.2 Å². The smallest absolute Gasteiger partial charge is 0.232 e. The van der Waals surface area contributed by atoms with Crippen LogP contribution in [0.25, 0.3) is 10.2 Å². The minimum Gasteiger partial charge on any atom is -0.437 e. The summed E-state index contributed by atoms with van der Waals surface area (Å²) in [6, 6.07) is 7.47. The molecule has 0 aliphatic heterocycles. The minimum absolute atomic E-state index is 0.161. The predicted molar refractivity (Wildman–Crippen MR) is 78.7 cm³/mol. The molecule has 3 rings (SSSR count). The average Bonchev–Trinajstić information content (AvgIpc) is 2.82. The van der Waals surface area contributed by atoms with Crippen LogP contribution in [0.15, 0.2) is 29.6 Å². The number of ether oxygens (including phenoxy) is 1. The highest BCUT2D eigenvalue weighted by molar-refractivity contribution is 7.16. The summed E-state index contributed by atoms with van der Waals surface area (Å²) in [5, 5.41) is 3.44. The third-order valence-electron chi connectivity index (χ3n) is 2.56. The van der Waals surface area contributed by atoms with Crippen LogP contribution in [-0.2, 0) is 0 Å². The SMILES string of the molecule is Cc1ccc(Cl)c(Oc2nc(Cl)nc3sccc23)c1. The molecule has 0 aliphatic carbocycles. The van der Waals surface area contributed by atoms with E-state index in [2.05, 4.69) is 9.97 Å². The van der Waals surface area contributed by atoms with Gasteiger partial charge in [-0.25, -0.2) is 4.98 Å². The molecule has 0 amide bonds. The summed E-state index contributed by atoms with van der Waals surface area (Å²) in [6.45, 7) is 1.97. The number of thiophene rings is 1. The zero-order valence-electron chi connectivity index (χ0n) is 9.85. The lowest BCUT2D eigenvalue weighted by atomic mass is 10.2. The Balaban J connectivity index is 2.10. The van der Waals surface area contributed by atoms with Gasteiger partial charge in [0.15, 0.2) is 0 Å². The molecule has 19 heavy (non-hydrogen) atoms. The Kier molecular flexibility index (Phi) is 3.31. The minimum atomic E-state index is 0.161. The van der Waals surface area contributed by atoms with Gasteiger partial charge in [0.25, 0.3) is 0 Å². The molecule has 2 aromatic heterocycles. The Labute approximate surface area is 123 Å². The van der Waals surface area contributed by atoms with E-state index in [1.54, 1.807) is 6.07 Å². The second kappa shape index (κ2) is 4.96.